The van der Waals surface area contributed by atoms with Crippen LogP contribution in [0.3, 0.4) is 0 Å². The Kier molecular flexibility index (Phi) is 5.26. The zero-order chi connectivity index (χ0) is 19.3. The van der Waals surface area contributed by atoms with Crippen molar-refractivity contribution in [1.82, 2.24) is 9.97 Å². The first kappa shape index (κ1) is 18.1. The molecule has 1 heterocycles. The molecule has 0 aliphatic carbocycles. The van der Waals surface area contributed by atoms with Gasteiger partial charge < -0.3 is 14.8 Å². The van der Waals surface area contributed by atoms with Crippen molar-refractivity contribution in [2.24, 2.45) is 0 Å². The number of nitrogens with zero attached hydrogens (tertiary/aromatic N) is 2. The standard InChI is InChI=1S/C22H18ClN3O2/c1-27-21-16(6-4-7-19(21)23)14-28-18-11-9-17(10-12-18)25-22-24-13-15-5-2-3-8-20(15)26-22/h2-13H,14H2,1H3,(H,24,25,26). The molecule has 0 saturated carbocycles. The Hall–Kier alpha value is -3.31. The normalized spacial score (nSPS) is 10.6. The zero-order valence-electron chi connectivity index (χ0n) is 15.2. The van der Waals surface area contributed by atoms with Crippen molar-refractivity contribution in [2.75, 3.05) is 12.4 Å². The fourth-order valence-corrected chi connectivity index (χ4v) is 3.12. The second-order valence-corrected chi connectivity index (χ2v) is 6.53. The van der Waals surface area contributed by atoms with E-state index in [0.29, 0.717) is 23.3 Å². The molecule has 0 radical (unpaired) electrons. The molecule has 0 aliphatic rings. The van der Waals surface area contributed by atoms with E-state index in [1.807, 2.05) is 60.7 Å². The van der Waals surface area contributed by atoms with Crippen LogP contribution in [0.2, 0.25) is 5.02 Å². The third kappa shape index (κ3) is 4.00. The molecule has 0 amide bonds. The van der Waals surface area contributed by atoms with Crippen molar-refractivity contribution in [1.29, 1.82) is 0 Å². The SMILES string of the molecule is COc1c(Cl)cccc1COc1ccc(Nc2ncc3ccccc3n2)cc1. The fourth-order valence-electron chi connectivity index (χ4n) is 2.85. The van der Waals surface area contributed by atoms with E-state index in [0.717, 1.165) is 27.9 Å². The minimum Gasteiger partial charge on any atom is -0.495 e. The van der Waals surface area contributed by atoms with Crippen LogP contribution < -0.4 is 14.8 Å². The maximum atomic E-state index is 6.14. The summed E-state index contributed by atoms with van der Waals surface area (Å²) < 4.78 is 11.2. The molecule has 6 heteroatoms. The number of ether oxygens (including phenoxy) is 2. The summed E-state index contributed by atoms with van der Waals surface area (Å²) in [6, 6.07) is 21.1. The highest BCUT2D eigenvalue weighted by molar-refractivity contribution is 6.32. The van der Waals surface area contributed by atoms with Crippen LogP contribution in [0.15, 0.2) is 72.9 Å². The lowest BCUT2D eigenvalue weighted by molar-refractivity contribution is 0.297. The van der Waals surface area contributed by atoms with Crippen LogP contribution in [0.4, 0.5) is 11.6 Å². The van der Waals surface area contributed by atoms with Crippen LogP contribution in [0.1, 0.15) is 5.56 Å². The monoisotopic (exact) mass is 391 g/mol. The predicted octanol–water partition coefficient (Wildman–Crippen LogP) is 5.61. The smallest absolute Gasteiger partial charge is 0.227 e. The second-order valence-electron chi connectivity index (χ2n) is 6.12. The molecule has 140 valence electrons. The first-order valence-electron chi connectivity index (χ1n) is 8.76. The van der Waals surface area contributed by atoms with Gasteiger partial charge in [-0.15, -0.1) is 0 Å². The summed E-state index contributed by atoms with van der Waals surface area (Å²) in [7, 11) is 1.60. The number of nitrogens with one attached hydrogen (secondary N) is 1. The maximum absolute atomic E-state index is 6.14. The Morgan fingerprint density at radius 3 is 2.61 bits per heavy atom. The van der Waals surface area contributed by atoms with Gasteiger partial charge in [0.15, 0.2) is 0 Å². The van der Waals surface area contributed by atoms with E-state index < -0.39 is 0 Å². The summed E-state index contributed by atoms with van der Waals surface area (Å²) in [4.78, 5) is 8.86. The minimum atomic E-state index is 0.365. The lowest BCUT2D eigenvalue weighted by atomic mass is 10.2. The highest BCUT2D eigenvalue weighted by atomic mass is 35.5. The lowest BCUT2D eigenvalue weighted by Gasteiger charge is -2.12. The van der Waals surface area contributed by atoms with E-state index in [9.17, 15) is 0 Å². The van der Waals surface area contributed by atoms with Gasteiger partial charge in [0.1, 0.15) is 18.1 Å². The number of para-hydroxylation sites is 2. The number of hydrogen-bond donors (Lipinski definition) is 1. The average molecular weight is 392 g/mol. The van der Waals surface area contributed by atoms with Gasteiger partial charge in [0.2, 0.25) is 5.95 Å². The molecule has 1 N–H and O–H groups in total. The van der Waals surface area contributed by atoms with Crippen molar-refractivity contribution < 1.29 is 9.47 Å². The van der Waals surface area contributed by atoms with Crippen LogP contribution in [0, 0.1) is 0 Å². The van der Waals surface area contributed by atoms with Crippen molar-refractivity contribution in [3.05, 3.63) is 83.5 Å². The van der Waals surface area contributed by atoms with Crippen molar-refractivity contribution in [3.63, 3.8) is 0 Å². The first-order chi connectivity index (χ1) is 13.7. The van der Waals surface area contributed by atoms with Crippen LogP contribution >= 0.6 is 11.6 Å². The summed E-state index contributed by atoms with van der Waals surface area (Å²) in [5, 5.41) is 4.78. The zero-order valence-corrected chi connectivity index (χ0v) is 16.0. The highest BCUT2D eigenvalue weighted by Gasteiger charge is 2.08. The summed E-state index contributed by atoms with van der Waals surface area (Å²) >= 11 is 6.14. The molecule has 4 aromatic rings. The van der Waals surface area contributed by atoms with Gasteiger partial charge in [-0.05, 0) is 36.4 Å². The van der Waals surface area contributed by atoms with Gasteiger partial charge in [-0.1, -0.05) is 41.9 Å². The highest BCUT2D eigenvalue weighted by Crippen LogP contribution is 2.29. The average Bonchev–Trinajstić information content (AvgIpc) is 2.73. The van der Waals surface area contributed by atoms with E-state index in [2.05, 4.69) is 15.3 Å². The minimum absolute atomic E-state index is 0.365. The summed E-state index contributed by atoms with van der Waals surface area (Å²) in [6.07, 6.45) is 1.81. The molecule has 0 aliphatic heterocycles. The van der Waals surface area contributed by atoms with E-state index in [4.69, 9.17) is 21.1 Å². The Morgan fingerprint density at radius 2 is 1.79 bits per heavy atom. The van der Waals surface area contributed by atoms with E-state index in [-0.39, 0.29) is 0 Å². The topological polar surface area (TPSA) is 56.3 Å². The van der Waals surface area contributed by atoms with E-state index in [1.165, 1.54) is 0 Å². The van der Waals surface area contributed by atoms with Gasteiger partial charge in [-0.2, -0.15) is 0 Å². The molecule has 28 heavy (non-hydrogen) atoms. The largest absolute Gasteiger partial charge is 0.495 e. The quantitative estimate of drug-likeness (QED) is 0.462. The molecule has 0 unspecified atom stereocenters. The molecule has 0 atom stereocenters. The van der Waals surface area contributed by atoms with Crippen molar-refractivity contribution in [3.8, 4) is 11.5 Å². The van der Waals surface area contributed by atoms with Gasteiger partial charge in [0.05, 0.1) is 17.6 Å². The Balaban J connectivity index is 1.43. The molecule has 3 aromatic carbocycles. The molecular formula is C22H18ClN3O2. The van der Waals surface area contributed by atoms with Crippen molar-refractivity contribution >= 4 is 34.1 Å². The predicted molar refractivity (Wildman–Crippen MR) is 112 cm³/mol. The summed E-state index contributed by atoms with van der Waals surface area (Å²) in [5.41, 5.74) is 2.67. The van der Waals surface area contributed by atoms with Gasteiger partial charge in [-0.3, -0.25) is 0 Å². The number of methoxy groups -OCH3 is 1. The Morgan fingerprint density at radius 1 is 0.964 bits per heavy atom. The fraction of sp³-hybridized carbons (Fsp3) is 0.0909. The molecular weight excluding hydrogens is 374 g/mol. The molecule has 5 nitrogen and oxygen atoms in total. The number of hydrogen-bond acceptors (Lipinski definition) is 5. The van der Waals surface area contributed by atoms with Crippen LogP contribution in [0.25, 0.3) is 10.9 Å². The van der Waals surface area contributed by atoms with E-state index in [1.54, 1.807) is 19.4 Å². The van der Waals surface area contributed by atoms with E-state index >= 15 is 0 Å². The third-order valence-electron chi connectivity index (χ3n) is 4.25. The number of rotatable bonds is 6. The molecule has 0 bridgehead atoms. The number of aromatic nitrogens is 2. The van der Waals surface area contributed by atoms with Gasteiger partial charge in [0.25, 0.3) is 0 Å². The molecule has 0 spiro atoms. The first-order valence-corrected chi connectivity index (χ1v) is 9.14. The third-order valence-corrected chi connectivity index (χ3v) is 4.54. The number of halogens is 1. The molecule has 4 rings (SSSR count). The maximum Gasteiger partial charge on any atom is 0.227 e. The van der Waals surface area contributed by atoms with Gasteiger partial charge >= 0.3 is 0 Å². The number of benzene rings is 3. The Bertz CT molecular complexity index is 1100. The molecule has 1 aromatic heterocycles. The summed E-state index contributed by atoms with van der Waals surface area (Å²) in [5.74, 6) is 1.93. The number of anilines is 2. The molecule has 0 fully saturated rings. The summed E-state index contributed by atoms with van der Waals surface area (Å²) in [6.45, 7) is 0.365. The lowest BCUT2D eigenvalue weighted by Crippen LogP contribution is -2.00. The van der Waals surface area contributed by atoms with Crippen LogP contribution in [-0.2, 0) is 6.61 Å². The van der Waals surface area contributed by atoms with Crippen LogP contribution in [0.5, 0.6) is 11.5 Å². The second kappa shape index (κ2) is 8.15. The number of fused-ring (bicyclic) bond motifs is 1. The van der Waals surface area contributed by atoms with Crippen molar-refractivity contribution in [2.45, 2.75) is 6.61 Å². The van der Waals surface area contributed by atoms with Crippen LogP contribution in [-0.4, -0.2) is 17.1 Å². The Labute approximate surface area is 167 Å². The van der Waals surface area contributed by atoms with Gasteiger partial charge in [0, 0.05) is 22.8 Å². The molecule has 0 saturated heterocycles. The van der Waals surface area contributed by atoms with Gasteiger partial charge in [-0.25, -0.2) is 9.97 Å².